The van der Waals surface area contributed by atoms with Crippen LogP contribution in [0.5, 0.6) is 0 Å². The van der Waals surface area contributed by atoms with E-state index >= 15 is 0 Å². The second kappa shape index (κ2) is 24.1. The van der Waals surface area contributed by atoms with Crippen molar-refractivity contribution in [2.45, 2.75) is 87.5 Å². The first-order valence-corrected chi connectivity index (χ1v) is 17.1. The number of hydrogen-bond donors (Lipinski definition) is 4. The van der Waals surface area contributed by atoms with Crippen LogP contribution in [0.1, 0.15) is 106 Å². The van der Waals surface area contributed by atoms with Gasteiger partial charge in [-0.2, -0.15) is 0 Å². The molecular weight excluding hydrogens is 614 g/mol. The third kappa shape index (κ3) is 14.7. The fourth-order valence-corrected chi connectivity index (χ4v) is 4.38. The van der Waals surface area contributed by atoms with Crippen molar-refractivity contribution in [2.24, 2.45) is 17.4 Å². The van der Waals surface area contributed by atoms with E-state index in [2.05, 4.69) is 23.8 Å². The molecule has 0 saturated carbocycles. The van der Waals surface area contributed by atoms with E-state index in [9.17, 15) is 14.4 Å². The Kier molecular flexibility index (Phi) is 21.7. The van der Waals surface area contributed by atoms with Gasteiger partial charge in [0.15, 0.2) is 5.78 Å². The molecule has 2 aromatic carbocycles. The Morgan fingerprint density at radius 2 is 1.53 bits per heavy atom. The molecule has 0 aliphatic rings. The van der Waals surface area contributed by atoms with Crippen LogP contribution in [0.2, 0.25) is 0 Å². The van der Waals surface area contributed by atoms with E-state index in [0.717, 1.165) is 48.2 Å². The first-order chi connectivity index (χ1) is 23.4. The fourth-order valence-electron chi connectivity index (χ4n) is 4.38. The molecule has 1 amide bonds. The van der Waals surface area contributed by atoms with Gasteiger partial charge in [0.25, 0.3) is 5.91 Å². The average Bonchev–Trinajstić information content (AvgIpc) is 3.11. The Balaban J connectivity index is 0.00000554. The summed E-state index contributed by atoms with van der Waals surface area (Å²) in [6.45, 7) is 23.4. The van der Waals surface area contributed by atoms with E-state index in [1.54, 1.807) is 23.2 Å². The molecule has 1 unspecified atom stereocenters. The summed E-state index contributed by atoms with van der Waals surface area (Å²) in [5.41, 5.74) is 16.6. The van der Waals surface area contributed by atoms with Crippen LogP contribution in [-0.4, -0.2) is 29.7 Å². The number of allylic oxidation sites excluding steroid dienone is 4. The van der Waals surface area contributed by atoms with Crippen LogP contribution in [0.15, 0.2) is 97.4 Å². The summed E-state index contributed by atoms with van der Waals surface area (Å²) in [6, 6.07) is 11.1. The molecule has 2 aromatic rings. The molecule has 2 rings (SSSR count). The third-order valence-corrected chi connectivity index (χ3v) is 7.12. The second-order valence-electron chi connectivity index (χ2n) is 10.7. The molecule has 0 radical (unpaired) electrons. The molecule has 268 valence electrons. The molecule has 6 N–H and O–H groups in total. The second-order valence-corrected chi connectivity index (χ2v) is 10.7. The van der Waals surface area contributed by atoms with Gasteiger partial charge in [-0.15, -0.1) is 0 Å². The van der Waals surface area contributed by atoms with E-state index in [1.807, 2.05) is 85.7 Å². The lowest BCUT2D eigenvalue weighted by molar-refractivity contribution is -0.112. The maximum atomic E-state index is 13.1. The lowest BCUT2D eigenvalue weighted by atomic mass is 9.93. The van der Waals surface area contributed by atoms with E-state index in [4.69, 9.17) is 16.2 Å². The zero-order chi connectivity index (χ0) is 37.5. The number of ether oxygens (including phenoxy) is 1. The highest BCUT2D eigenvalue weighted by Crippen LogP contribution is 2.25. The predicted molar refractivity (Wildman–Crippen MR) is 206 cm³/mol. The number of benzene rings is 2. The normalized spacial score (nSPS) is 11.6. The van der Waals surface area contributed by atoms with Gasteiger partial charge in [0.05, 0.1) is 24.1 Å². The van der Waals surface area contributed by atoms with Gasteiger partial charge < -0.3 is 31.7 Å². The van der Waals surface area contributed by atoms with Crippen molar-refractivity contribution >= 4 is 29.0 Å². The van der Waals surface area contributed by atoms with Crippen LogP contribution >= 0.6 is 0 Å². The number of amides is 1. The monoisotopic (exact) mass is 673 g/mol. The summed E-state index contributed by atoms with van der Waals surface area (Å²) in [4.78, 5) is 40.1. The predicted octanol–water partition coefficient (Wildman–Crippen LogP) is 8.83. The van der Waals surface area contributed by atoms with E-state index in [-0.39, 0.29) is 28.6 Å². The zero-order valence-corrected chi connectivity index (χ0v) is 31.1. The van der Waals surface area contributed by atoms with Gasteiger partial charge in [0, 0.05) is 35.3 Å². The molecular formula is C40H59N5O4. The number of Topliss-reactive ketones (excluding diaryl/α,β-unsaturated/α-hetero) is 1. The van der Waals surface area contributed by atoms with Crippen molar-refractivity contribution in [3.8, 4) is 0 Å². The van der Waals surface area contributed by atoms with Crippen LogP contribution < -0.4 is 22.1 Å². The first kappa shape index (κ1) is 43.9. The third-order valence-electron chi connectivity index (χ3n) is 7.12. The summed E-state index contributed by atoms with van der Waals surface area (Å²) >= 11 is 0. The van der Waals surface area contributed by atoms with Crippen LogP contribution in [0.3, 0.4) is 0 Å². The van der Waals surface area contributed by atoms with Crippen LogP contribution in [0.4, 0.5) is 11.4 Å². The zero-order valence-electron chi connectivity index (χ0n) is 31.1. The molecule has 0 fully saturated rings. The minimum absolute atomic E-state index is 0.0880. The van der Waals surface area contributed by atoms with Crippen LogP contribution in [0.25, 0.3) is 0 Å². The number of methoxy groups -OCH3 is 1. The number of carbonyl (C=O) groups is 3. The highest BCUT2D eigenvalue weighted by molar-refractivity contribution is 6.07. The Morgan fingerprint density at radius 3 is 2.08 bits per heavy atom. The number of esters is 1. The molecule has 9 nitrogen and oxygen atoms in total. The lowest BCUT2D eigenvalue weighted by Crippen LogP contribution is -2.22. The van der Waals surface area contributed by atoms with Crippen molar-refractivity contribution in [1.82, 2.24) is 4.90 Å². The first-order valence-electron chi connectivity index (χ1n) is 17.1. The molecule has 0 aromatic heterocycles. The van der Waals surface area contributed by atoms with E-state index in [1.165, 1.54) is 25.5 Å². The van der Waals surface area contributed by atoms with Crippen molar-refractivity contribution in [3.05, 3.63) is 120 Å². The summed E-state index contributed by atoms with van der Waals surface area (Å²) in [5, 5.41) is 5.93. The molecule has 0 aliphatic heterocycles. The Labute approximate surface area is 294 Å². The van der Waals surface area contributed by atoms with Gasteiger partial charge in [-0.25, -0.2) is 4.79 Å². The standard InChI is InChI=1S/C36H47N5O4.2C2H6/c1-8-11-21-41(10-3)33(38)20-18-30(37)35(43)40-32-23-27(15-17-28(32)36(44)45-7)14-12-13-26-16-19-31(39-24(4)5)29(22-26)34(42)25(6)9-2;2*1-2/h10-11,15-23,25,39H,3-4,8-9,12-14,37-38H2,1-2,5-7H3,(H,40,43);2*1-2H3/b21-11-,30-18-,33-20+;;. The highest BCUT2D eigenvalue weighted by atomic mass is 16.5. The summed E-state index contributed by atoms with van der Waals surface area (Å²) in [5.74, 6) is -0.858. The molecule has 0 aliphatic carbocycles. The van der Waals surface area contributed by atoms with Crippen molar-refractivity contribution in [2.75, 3.05) is 17.7 Å². The van der Waals surface area contributed by atoms with Gasteiger partial charge in [-0.05, 0) is 86.6 Å². The molecule has 0 bridgehead atoms. The van der Waals surface area contributed by atoms with Crippen molar-refractivity contribution in [3.63, 3.8) is 0 Å². The van der Waals surface area contributed by atoms with E-state index < -0.39 is 11.9 Å². The number of aryl methyl sites for hydroxylation is 2. The minimum atomic E-state index is -0.599. The van der Waals surface area contributed by atoms with Crippen LogP contribution in [0, 0.1) is 5.92 Å². The summed E-state index contributed by atoms with van der Waals surface area (Å²) in [6.07, 6.45) is 11.8. The minimum Gasteiger partial charge on any atom is -0.465 e. The molecule has 1 atom stereocenters. The maximum absolute atomic E-state index is 13.1. The van der Waals surface area contributed by atoms with Gasteiger partial charge in [-0.1, -0.05) is 79.8 Å². The Bertz CT molecular complexity index is 1490. The van der Waals surface area contributed by atoms with Crippen LogP contribution in [-0.2, 0) is 22.4 Å². The van der Waals surface area contributed by atoms with E-state index in [0.29, 0.717) is 17.8 Å². The summed E-state index contributed by atoms with van der Waals surface area (Å²) < 4.78 is 4.92. The number of nitrogens with zero attached hydrogens (tertiary/aromatic N) is 1. The Morgan fingerprint density at radius 1 is 0.918 bits per heavy atom. The number of rotatable bonds is 17. The Hall–Kier alpha value is -5.05. The number of carbonyl (C=O) groups excluding carboxylic acids is 3. The molecule has 49 heavy (non-hydrogen) atoms. The topological polar surface area (TPSA) is 140 Å². The number of anilines is 2. The quantitative estimate of drug-likeness (QED) is 0.0565. The van der Waals surface area contributed by atoms with Gasteiger partial charge in [-0.3, -0.25) is 9.59 Å². The highest BCUT2D eigenvalue weighted by Gasteiger charge is 2.19. The number of nitrogens with two attached hydrogens (primary N) is 2. The van der Waals surface area contributed by atoms with Crippen molar-refractivity contribution < 1.29 is 19.1 Å². The molecule has 9 heteroatoms. The van der Waals surface area contributed by atoms with Gasteiger partial charge in [0.1, 0.15) is 5.82 Å². The SMILES string of the molecule is C=CN(/C=C\CC)/C(N)=C/C=C(\N)C(=O)Nc1cc(CCCc2ccc(NC(=C)C)c(C(=O)C(C)CC)c2)ccc1C(=O)OC.CC.CC. The largest absolute Gasteiger partial charge is 0.465 e. The molecule has 0 saturated heterocycles. The molecule has 0 heterocycles. The number of nitrogens with one attached hydrogen (secondary N) is 2. The smallest absolute Gasteiger partial charge is 0.339 e. The lowest BCUT2D eigenvalue weighted by Gasteiger charge is -2.16. The number of hydrogen-bond acceptors (Lipinski definition) is 8. The molecule has 0 spiro atoms. The summed E-state index contributed by atoms with van der Waals surface area (Å²) in [7, 11) is 1.28. The average molecular weight is 674 g/mol. The fraction of sp³-hybridized carbons (Fsp3) is 0.375. The van der Waals surface area contributed by atoms with Gasteiger partial charge >= 0.3 is 5.97 Å². The number of ketones is 1. The maximum Gasteiger partial charge on any atom is 0.339 e. The van der Waals surface area contributed by atoms with Crippen molar-refractivity contribution in [1.29, 1.82) is 0 Å². The van der Waals surface area contributed by atoms with Gasteiger partial charge in [0.2, 0.25) is 0 Å².